The van der Waals surface area contributed by atoms with E-state index in [1.165, 1.54) is 0 Å². The summed E-state index contributed by atoms with van der Waals surface area (Å²) in [5.41, 5.74) is 1.93. The van der Waals surface area contributed by atoms with Crippen molar-refractivity contribution in [3.05, 3.63) is 28.2 Å². The van der Waals surface area contributed by atoms with Crippen LogP contribution in [0.2, 0.25) is 0 Å². The first-order valence-electron chi connectivity index (χ1n) is 5.34. The van der Waals surface area contributed by atoms with E-state index in [2.05, 4.69) is 22.1 Å². The molecule has 0 bridgehead atoms. The van der Waals surface area contributed by atoms with Gasteiger partial charge in [-0.05, 0) is 19.9 Å². The highest BCUT2D eigenvalue weighted by Gasteiger charge is 2.16. The number of piperazine rings is 1. The van der Waals surface area contributed by atoms with Crippen LogP contribution in [0.5, 0.6) is 0 Å². The molecule has 0 aliphatic carbocycles. The van der Waals surface area contributed by atoms with Gasteiger partial charge in [-0.2, -0.15) is 0 Å². The number of nitrogens with zero attached hydrogens (tertiary/aromatic N) is 1. The first-order valence-corrected chi connectivity index (χ1v) is 5.34. The number of aromatic amines is 1. The monoisotopic (exact) mass is 207 g/mol. The van der Waals surface area contributed by atoms with E-state index in [4.69, 9.17) is 0 Å². The van der Waals surface area contributed by atoms with Crippen molar-refractivity contribution in [1.82, 2.24) is 10.3 Å². The van der Waals surface area contributed by atoms with Gasteiger partial charge in [-0.1, -0.05) is 0 Å². The Morgan fingerprint density at radius 3 is 2.93 bits per heavy atom. The Morgan fingerprint density at radius 1 is 1.47 bits per heavy atom. The smallest absolute Gasteiger partial charge is 0.250 e. The molecule has 1 aliphatic rings. The number of aryl methyl sites for hydroxylation is 1. The predicted octanol–water partition coefficient (Wildman–Crippen LogP) is 0.481. The predicted molar refractivity (Wildman–Crippen MR) is 61.5 cm³/mol. The van der Waals surface area contributed by atoms with Crippen LogP contribution in [-0.2, 0) is 0 Å². The molecule has 2 heterocycles. The maximum absolute atomic E-state index is 11.3. The standard InChI is InChI=1S/C11H17N3O/c1-8-5-10(6-11(15)13-8)14-4-3-12-9(2)7-14/h5-6,9,12H,3-4,7H2,1-2H3,(H,13,15)/t9-/m1/s1. The van der Waals surface area contributed by atoms with Gasteiger partial charge < -0.3 is 15.2 Å². The van der Waals surface area contributed by atoms with Crippen LogP contribution in [0, 0.1) is 6.92 Å². The molecule has 0 unspecified atom stereocenters. The second-order valence-corrected chi connectivity index (χ2v) is 4.19. The summed E-state index contributed by atoms with van der Waals surface area (Å²) >= 11 is 0. The molecule has 0 saturated carbocycles. The number of hydrogen-bond donors (Lipinski definition) is 2. The molecule has 1 atom stereocenters. The third-order valence-electron chi connectivity index (χ3n) is 2.70. The Balaban J connectivity index is 2.24. The van der Waals surface area contributed by atoms with Gasteiger partial charge in [0.2, 0.25) is 5.56 Å². The maximum Gasteiger partial charge on any atom is 0.250 e. The van der Waals surface area contributed by atoms with Gasteiger partial charge in [0.15, 0.2) is 0 Å². The van der Waals surface area contributed by atoms with Gasteiger partial charge in [0.05, 0.1) is 0 Å². The maximum atomic E-state index is 11.3. The van der Waals surface area contributed by atoms with Gasteiger partial charge >= 0.3 is 0 Å². The molecule has 0 radical (unpaired) electrons. The van der Waals surface area contributed by atoms with E-state index in [1.54, 1.807) is 6.07 Å². The quantitative estimate of drug-likeness (QED) is 0.704. The van der Waals surface area contributed by atoms with Crippen LogP contribution in [0.15, 0.2) is 16.9 Å². The number of hydrogen-bond acceptors (Lipinski definition) is 3. The highest BCUT2D eigenvalue weighted by molar-refractivity contribution is 5.47. The zero-order valence-electron chi connectivity index (χ0n) is 9.21. The van der Waals surface area contributed by atoms with Crippen LogP contribution in [0.25, 0.3) is 0 Å². The highest BCUT2D eigenvalue weighted by Crippen LogP contribution is 2.14. The van der Waals surface area contributed by atoms with Gasteiger partial charge in [-0.25, -0.2) is 0 Å². The molecule has 0 spiro atoms. The van der Waals surface area contributed by atoms with E-state index < -0.39 is 0 Å². The molecular formula is C11H17N3O. The van der Waals surface area contributed by atoms with Crippen molar-refractivity contribution >= 4 is 5.69 Å². The number of H-pyrrole nitrogens is 1. The zero-order valence-corrected chi connectivity index (χ0v) is 9.21. The van der Waals surface area contributed by atoms with E-state index in [0.717, 1.165) is 31.0 Å². The van der Waals surface area contributed by atoms with Crippen molar-refractivity contribution in [2.75, 3.05) is 24.5 Å². The molecule has 82 valence electrons. The Labute approximate surface area is 89.3 Å². The number of pyridine rings is 1. The fourth-order valence-corrected chi connectivity index (χ4v) is 2.01. The van der Waals surface area contributed by atoms with Crippen molar-refractivity contribution in [1.29, 1.82) is 0 Å². The Kier molecular flexibility index (Phi) is 2.77. The lowest BCUT2D eigenvalue weighted by atomic mass is 10.2. The van der Waals surface area contributed by atoms with Gasteiger partial charge in [0.25, 0.3) is 0 Å². The molecule has 15 heavy (non-hydrogen) atoms. The molecular weight excluding hydrogens is 190 g/mol. The summed E-state index contributed by atoms with van der Waals surface area (Å²) in [5, 5.41) is 3.38. The van der Waals surface area contributed by atoms with Crippen molar-refractivity contribution in [3.63, 3.8) is 0 Å². The second-order valence-electron chi connectivity index (χ2n) is 4.19. The summed E-state index contributed by atoms with van der Waals surface area (Å²) in [7, 11) is 0. The van der Waals surface area contributed by atoms with E-state index in [0.29, 0.717) is 6.04 Å². The van der Waals surface area contributed by atoms with Crippen LogP contribution >= 0.6 is 0 Å². The van der Waals surface area contributed by atoms with E-state index in [-0.39, 0.29) is 5.56 Å². The summed E-state index contributed by atoms with van der Waals surface area (Å²) in [4.78, 5) is 16.4. The van der Waals surface area contributed by atoms with Crippen LogP contribution in [0.1, 0.15) is 12.6 Å². The molecule has 4 heteroatoms. The van der Waals surface area contributed by atoms with E-state index >= 15 is 0 Å². The molecule has 2 rings (SSSR count). The Bertz CT molecular complexity index is 399. The largest absolute Gasteiger partial charge is 0.368 e. The summed E-state index contributed by atoms with van der Waals surface area (Å²) in [6, 6.07) is 4.18. The third-order valence-corrected chi connectivity index (χ3v) is 2.70. The minimum Gasteiger partial charge on any atom is -0.368 e. The molecule has 0 amide bonds. The van der Waals surface area contributed by atoms with Gasteiger partial charge in [0, 0.05) is 43.1 Å². The van der Waals surface area contributed by atoms with Crippen molar-refractivity contribution in [2.24, 2.45) is 0 Å². The average Bonchev–Trinajstić information content (AvgIpc) is 2.16. The van der Waals surface area contributed by atoms with Gasteiger partial charge in [-0.3, -0.25) is 4.79 Å². The van der Waals surface area contributed by atoms with Crippen LogP contribution in [-0.4, -0.2) is 30.7 Å². The van der Waals surface area contributed by atoms with Crippen molar-refractivity contribution in [3.8, 4) is 0 Å². The van der Waals surface area contributed by atoms with E-state index in [9.17, 15) is 4.79 Å². The number of anilines is 1. The van der Waals surface area contributed by atoms with Crippen LogP contribution in [0.3, 0.4) is 0 Å². The first kappa shape index (κ1) is 10.2. The minimum atomic E-state index is -0.0174. The molecule has 4 nitrogen and oxygen atoms in total. The van der Waals surface area contributed by atoms with Gasteiger partial charge in [0.1, 0.15) is 0 Å². The average molecular weight is 207 g/mol. The van der Waals surface area contributed by atoms with Crippen LogP contribution < -0.4 is 15.8 Å². The molecule has 1 saturated heterocycles. The molecule has 1 aliphatic heterocycles. The third kappa shape index (κ3) is 2.39. The number of rotatable bonds is 1. The normalized spacial score (nSPS) is 21.7. The minimum absolute atomic E-state index is 0.0174. The lowest BCUT2D eigenvalue weighted by Gasteiger charge is -2.33. The zero-order chi connectivity index (χ0) is 10.8. The molecule has 1 fully saturated rings. The topological polar surface area (TPSA) is 48.1 Å². The fourth-order valence-electron chi connectivity index (χ4n) is 2.01. The first-order chi connectivity index (χ1) is 7.15. The molecule has 0 aromatic carbocycles. The van der Waals surface area contributed by atoms with E-state index in [1.807, 2.05) is 13.0 Å². The summed E-state index contributed by atoms with van der Waals surface area (Å²) in [6.07, 6.45) is 0. The highest BCUT2D eigenvalue weighted by atomic mass is 16.1. The SMILES string of the molecule is Cc1cc(N2CCN[C@H](C)C2)cc(=O)[nH]1. The lowest BCUT2D eigenvalue weighted by Crippen LogP contribution is -2.49. The number of aromatic nitrogens is 1. The van der Waals surface area contributed by atoms with Gasteiger partial charge in [-0.15, -0.1) is 0 Å². The fraction of sp³-hybridized carbons (Fsp3) is 0.545. The summed E-state index contributed by atoms with van der Waals surface area (Å²) < 4.78 is 0. The molecule has 2 N–H and O–H groups in total. The Hall–Kier alpha value is -1.29. The van der Waals surface area contributed by atoms with Crippen LogP contribution in [0.4, 0.5) is 5.69 Å². The number of nitrogens with one attached hydrogen (secondary N) is 2. The summed E-state index contributed by atoms with van der Waals surface area (Å²) in [5.74, 6) is 0. The summed E-state index contributed by atoms with van der Waals surface area (Å²) in [6.45, 7) is 6.98. The van der Waals surface area contributed by atoms with Crippen molar-refractivity contribution < 1.29 is 0 Å². The lowest BCUT2D eigenvalue weighted by molar-refractivity contribution is 0.484. The Morgan fingerprint density at radius 2 is 2.27 bits per heavy atom. The molecule has 1 aromatic rings. The molecule has 1 aromatic heterocycles. The second kappa shape index (κ2) is 4.06. The van der Waals surface area contributed by atoms with Crippen molar-refractivity contribution in [2.45, 2.75) is 19.9 Å².